The number of benzene rings is 1. The molecule has 1 fully saturated rings. The Kier molecular flexibility index (Phi) is 4.31. The molecule has 2 unspecified atom stereocenters. The van der Waals surface area contributed by atoms with Crippen molar-refractivity contribution >= 4 is 33.2 Å². The minimum atomic E-state index is -0.520. The first-order valence-corrected chi connectivity index (χ1v) is 7.03. The van der Waals surface area contributed by atoms with Gasteiger partial charge in [0.05, 0.1) is 11.7 Å². The second kappa shape index (κ2) is 5.79. The van der Waals surface area contributed by atoms with Crippen LogP contribution in [0.5, 0.6) is 0 Å². The fraction of sp³-hybridized carbons (Fsp3) is 0.462. The SMILES string of the molecule is CC1CC(Nc2cc(C(N)=O)c(N)cc2Br)CCO1. The van der Waals surface area contributed by atoms with E-state index in [2.05, 4.69) is 28.2 Å². The fourth-order valence-electron chi connectivity index (χ4n) is 2.26. The molecule has 0 bridgehead atoms. The number of hydrogen-bond donors (Lipinski definition) is 3. The molecule has 0 spiro atoms. The summed E-state index contributed by atoms with van der Waals surface area (Å²) in [6.45, 7) is 2.80. The summed E-state index contributed by atoms with van der Waals surface area (Å²) in [4.78, 5) is 11.3. The third-order valence-electron chi connectivity index (χ3n) is 3.25. The predicted molar refractivity (Wildman–Crippen MR) is 79.1 cm³/mol. The molecule has 6 heteroatoms. The lowest BCUT2D eigenvalue weighted by atomic mass is 10.0. The lowest BCUT2D eigenvalue weighted by molar-refractivity contribution is 0.0232. The molecule has 0 radical (unpaired) electrons. The van der Waals surface area contributed by atoms with Gasteiger partial charge >= 0.3 is 0 Å². The average Bonchev–Trinajstić information content (AvgIpc) is 2.32. The molecule has 5 nitrogen and oxygen atoms in total. The molecule has 104 valence electrons. The lowest BCUT2D eigenvalue weighted by Crippen LogP contribution is -2.32. The molecule has 19 heavy (non-hydrogen) atoms. The van der Waals surface area contributed by atoms with Crippen molar-refractivity contribution in [2.75, 3.05) is 17.7 Å². The van der Waals surface area contributed by atoms with Crippen LogP contribution in [0.1, 0.15) is 30.1 Å². The van der Waals surface area contributed by atoms with Gasteiger partial charge in [-0.25, -0.2) is 0 Å². The molecule has 1 aromatic rings. The Morgan fingerprint density at radius 2 is 2.26 bits per heavy atom. The van der Waals surface area contributed by atoms with Crippen molar-refractivity contribution in [3.05, 3.63) is 22.2 Å². The second-order valence-electron chi connectivity index (χ2n) is 4.83. The van der Waals surface area contributed by atoms with Gasteiger partial charge < -0.3 is 21.5 Å². The van der Waals surface area contributed by atoms with Crippen molar-refractivity contribution in [1.82, 2.24) is 0 Å². The molecule has 0 aliphatic carbocycles. The summed E-state index contributed by atoms with van der Waals surface area (Å²) in [6.07, 6.45) is 2.12. The topological polar surface area (TPSA) is 90.4 Å². The van der Waals surface area contributed by atoms with E-state index in [0.29, 0.717) is 17.3 Å². The molecular formula is C13H18BrN3O2. The standard InChI is InChI=1S/C13H18BrN3O2/c1-7-4-8(2-3-19-7)17-12-5-9(13(16)18)11(15)6-10(12)14/h5-8,17H,2-4,15H2,1H3,(H2,16,18). The van der Waals surface area contributed by atoms with E-state index in [1.165, 1.54) is 0 Å². The van der Waals surface area contributed by atoms with Crippen LogP contribution >= 0.6 is 15.9 Å². The average molecular weight is 328 g/mol. The number of halogens is 1. The van der Waals surface area contributed by atoms with Gasteiger partial charge in [0.1, 0.15) is 0 Å². The van der Waals surface area contributed by atoms with Gasteiger partial charge in [0.2, 0.25) is 0 Å². The molecule has 0 aromatic heterocycles. The maximum Gasteiger partial charge on any atom is 0.250 e. The van der Waals surface area contributed by atoms with Crippen LogP contribution in [0, 0.1) is 0 Å². The molecule has 1 amide bonds. The molecule has 2 rings (SSSR count). The van der Waals surface area contributed by atoms with Crippen LogP contribution in [0.25, 0.3) is 0 Å². The Labute approximate surface area is 120 Å². The van der Waals surface area contributed by atoms with Crippen LogP contribution < -0.4 is 16.8 Å². The maximum absolute atomic E-state index is 11.3. The molecule has 1 heterocycles. The Balaban J connectivity index is 2.19. The summed E-state index contributed by atoms with van der Waals surface area (Å²) >= 11 is 3.45. The number of ether oxygens (including phenoxy) is 1. The van der Waals surface area contributed by atoms with E-state index < -0.39 is 5.91 Å². The number of hydrogen-bond acceptors (Lipinski definition) is 4. The zero-order valence-electron chi connectivity index (χ0n) is 10.8. The van der Waals surface area contributed by atoms with Crippen LogP contribution in [-0.4, -0.2) is 24.7 Å². The van der Waals surface area contributed by atoms with Gasteiger partial charge in [0.25, 0.3) is 5.91 Å². The number of nitrogens with one attached hydrogen (secondary N) is 1. The molecule has 1 aliphatic heterocycles. The van der Waals surface area contributed by atoms with Gasteiger partial charge in [-0.2, -0.15) is 0 Å². The quantitative estimate of drug-likeness (QED) is 0.741. The summed E-state index contributed by atoms with van der Waals surface area (Å²) in [6, 6.07) is 3.72. The first-order valence-electron chi connectivity index (χ1n) is 6.24. The van der Waals surface area contributed by atoms with Crippen LogP contribution in [0.15, 0.2) is 16.6 Å². The van der Waals surface area contributed by atoms with E-state index in [-0.39, 0.29) is 6.10 Å². The summed E-state index contributed by atoms with van der Waals surface area (Å²) in [5.74, 6) is -0.520. The zero-order chi connectivity index (χ0) is 14.0. The zero-order valence-corrected chi connectivity index (χ0v) is 12.4. The third kappa shape index (κ3) is 3.39. The summed E-state index contributed by atoms with van der Waals surface area (Å²) in [7, 11) is 0. The molecule has 0 saturated carbocycles. The number of carbonyl (C=O) groups is 1. The van der Waals surface area contributed by atoms with Gasteiger partial charge in [-0.1, -0.05) is 0 Å². The van der Waals surface area contributed by atoms with Crippen molar-refractivity contribution in [2.24, 2.45) is 5.73 Å². The largest absolute Gasteiger partial charge is 0.398 e. The number of nitrogen functional groups attached to an aromatic ring is 1. The first-order chi connectivity index (χ1) is 8.97. The van der Waals surface area contributed by atoms with Crippen LogP contribution in [-0.2, 0) is 4.74 Å². The van der Waals surface area contributed by atoms with Crippen LogP contribution in [0.2, 0.25) is 0 Å². The highest BCUT2D eigenvalue weighted by molar-refractivity contribution is 9.10. The van der Waals surface area contributed by atoms with Crippen LogP contribution in [0.3, 0.4) is 0 Å². The number of rotatable bonds is 3. The highest BCUT2D eigenvalue weighted by Gasteiger charge is 2.20. The molecule has 2 atom stereocenters. The maximum atomic E-state index is 11.3. The number of primary amides is 1. The second-order valence-corrected chi connectivity index (χ2v) is 5.68. The van der Waals surface area contributed by atoms with Crippen molar-refractivity contribution < 1.29 is 9.53 Å². The van der Waals surface area contributed by atoms with Gasteiger partial charge in [-0.05, 0) is 47.8 Å². The van der Waals surface area contributed by atoms with Crippen molar-refractivity contribution in [3.8, 4) is 0 Å². The Bertz CT molecular complexity index is 493. The Morgan fingerprint density at radius 3 is 2.89 bits per heavy atom. The van der Waals surface area contributed by atoms with E-state index >= 15 is 0 Å². The molecule has 1 aliphatic rings. The van der Waals surface area contributed by atoms with Crippen molar-refractivity contribution in [2.45, 2.75) is 31.9 Å². The van der Waals surface area contributed by atoms with E-state index in [1.807, 2.05) is 0 Å². The van der Waals surface area contributed by atoms with Gasteiger partial charge in [0.15, 0.2) is 0 Å². The monoisotopic (exact) mass is 327 g/mol. The van der Waals surface area contributed by atoms with Crippen LogP contribution in [0.4, 0.5) is 11.4 Å². The van der Waals surface area contributed by atoms with Crippen molar-refractivity contribution in [1.29, 1.82) is 0 Å². The van der Waals surface area contributed by atoms with E-state index in [0.717, 1.165) is 29.6 Å². The Morgan fingerprint density at radius 1 is 1.53 bits per heavy atom. The fourth-order valence-corrected chi connectivity index (χ4v) is 2.74. The predicted octanol–water partition coefficient (Wildman–Crippen LogP) is 2.11. The van der Waals surface area contributed by atoms with Crippen molar-refractivity contribution in [3.63, 3.8) is 0 Å². The smallest absolute Gasteiger partial charge is 0.250 e. The number of anilines is 2. The number of amides is 1. The minimum Gasteiger partial charge on any atom is -0.398 e. The number of nitrogens with two attached hydrogens (primary N) is 2. The molecule has 1 aromatic carbocycles. The molecule has 5 N–H and O–H groups in total. The highest BCUT2D eigenvalue weighted by atomic mass is 79.9. The molecular weight excluding hydrogens is 310 g/mol. The van der Waals surface area contributed by atoms with E-state index in [1.54, 1.807) is 12.1 Å². The van der Waals surface area contributed by atoms with Gasteiger partial charge in [-0.15, -0.1) is 0 Å². The number of carbonyl (C=O) groups excluding carboxylic acids is 1. The van der Waals surface area contributed by atoms with E-state index in [9.17, 15) is 4.79 Å². The summed E-state index contributed by atoms with van der Waals surface area (Å²) in [5.41, 5.74) is 12.6. The van der Waals surface area contributed by atoms with E-state index in [4.69, 9.17) is 16.2 Å². The first kappa shape index (κ1) is 14.1. The highest BCUT2D eigenvalue weighted by Crippen LogP contribution is 2.30. The minimum absolute atomic E-state index is 0.245. The summed E-state index contributed by atoms with van der Waals surface area (Å²) in [5, 5.41) is 3.41. The Hall–Kier alpha value is -1.27. The normalized spacial score (nSPS) is 23.1. The van der Waals surface area contributed by atoms with Gasteiger partial charge in [0, 0.05) is 28.5 Å². The third-order valence-corrected chi connectivity index (χ3v) is 3.91. The molecule has 1 saturated heterocycles. The lowest BCUT2D eigenvalue weighted by Gasteiger charge is -2.29. The van der Waals surface area contributed by atoms with Gasteiger partial charge in [-0.3, -0.25) is 4.79 Å². The summed E-state index contributed by atoms with van der Waals surface area (Å²) < 4.78 is 6.34.